The van der Waals surface area contributed by atoms with Crippen molar-refractivity contribution in [2.75, 3.05) is 6.61 Å². The Kier molecular flexibility index (Phi) is 8.90. The van der Waals surface area contributed by atoms with E-state index in [1.54, 1.807) is 51.1 Å². The molecule has 8 nitrogen and oxygen atoms in total. The molecule has 0 saturated heterocycles. The molecular weight excluding hydrogens is 578 g/mol. The highest BCUT2D eigenvalue weighted by atomic mass is 32.2. The third-order valence-electron chi connectivity index (χ3n) is 7.41. The van der Waals surface area contributed by atoms with E-state index >= 15 is 0 Å². The van der Waals surface area contributed by atoms with Crippen LogP contribution in [0, 0.1) is 0 Å². The molecular formula is C35H35NO7S. The van der Waals surface area contributed by atoms with Crippen LogP contribution >= 0.6 is 0 Å². The van der Waals surface area contributed by atoms with E-state index in [0.29, 0.717) is 5.56 Å². The number of carbonyl (C=O) groups is 2. The summed E-state index contributed by atoms with van der Waals surface area (Å²) >= 11 is 0. The third-order valence-corrected chi connectivity index (χ3v) is 8.67. The molecule has 4 aromatic rings. The van der Waals surface area contributed by atoms with Gasteiger partial charge in [0.1, 0.15) is 28.9 Å². The van der Waals surface area contributed by atoms with E-state index in [1.165, 1.54) is 24.3 Å². The highest BCUT2D eigenvalue weighted by Crippen LogP contribution is 2.44. The lowest BCUT2D eigenvalue weighted by Crippen LogP contribution is -2.40. The van der Waals surface area contributed by atoms with Crippen molar-refractivity contribution in [3.8, 4) is 16.9 Å². The van der Waals surface area contributed by atoms with Crippen LogP contribution in [-0.4, -0.2) is 38.6 Å². The lowest BCUT2D eigenvalue weighted by atomic mass is 9.88. The Balaban J connectivity index is 1.34. The minimum atomic E-state index is -4.05. The van der Waals surface area contributed by atoms with Crippen LogP contribution in [0.1, 0.15) is 55.7 Å². The van der Waals surface area contributed by atoms with E-state index in [4.69, 9.17) is 19.4 Å². The van der Waals surface area contributed by atoms with Crippen molar-refractivity contribution in [3.05, 3.63) is 120 Å². The molecule has 4 aromatic carbocycles. The van der Waals surface area contributed by atoms with E-state index in [-0.39, 0.29) is 29.6 Å². The molecule has 0 fully saturated rings. The predicted octanol–water partition coefficient (Wildman–Crippen LogP) is 5.95. The molecule has 2 unspecified atom stereocenters. The predicted molar refractivity (Wildman–Crippen MR) is 167 cm³/mol. The highest BCUT2D eigenvalue weighted by Gasteiger charge is 2.34. The summed E-state index contributed by atoms with van der Waals surface area (Å²) in [6.45, 7) is 5.35. The maximum atomic E-state index is 13.4. The zero-order valence-electron chi connectivity index (χ0n) is 24.8. The van der Waals surface area contributed by atoms with E-state index in [2.05, 4.69) is 12.1 Å². The highest BCUT2D eigenvalue weighted by molar-refractivity contribution is 7.87. The topological polar surface area (TPSA) is 122 Å². The molecule has 2 N–H and O–H groups in total. The van der Waals surface area contributed by atoms with Gasteiger partial charge in [-0.15, -0.1) is 0 Å². The van der Waals surface area contributed by atoms with Crippen LogP contribution < -0.4 is 9.92 Å². The Bertz CT molecular complexity index is 1700. The number of benzene rings is 4. The Labute approximate surface area is 257 Å². The van der Waals surface area contributed by atoms with Crippen LogP contribution in [0.5, 0.6) is 5.75 Å². The molecule has 1 aliphatic rings. The second kappa shape index (κ2) is 12.6. The van der Waals surface area contributed by atoms with Gasteiger partial charge in [-0.1, -0.05) is 78.9 Å². The largest absolute Gasteiger partial charge is 0.464 e. The van der Waals surface area contributed by atoms with Gasteiger partial charge in [-0.2, -0.15) is 8.42 Å². The summed E-state index contributed by atoms with van der Waals surface area (Å²) in [5.74, 6) is -2.07. The van der Waals surface area contributed by atoms with E-state index in [9.17, 15) is 18.0 Å². The third kappa shape index (κ3) is 7.01. The molecule has 9 heteroatoms. The molecule has 0 aliphatic heterocycles. The minimum Gasteiger partial charge on any atom is -0.464 e. The van der Waals surface area contributed by atoms with Crippen molar-refractivity contribution in [2.45, 2.75) is 55.6 Å². The van der Waals surface area contributed by atoms with Crippen molar-refractivity contribution in [1.29, 1.82) is 0 Å². The molecule has 5 rings (SSSR count). The summed E-state index contributed by atoms with van der Waals surface area (Å²) in [6, 6.07) is 28.7. The van der Waals surface area contributed by atoms with Crippen molar-refractivity contribution in [1.82, 2.24) is 0 Å². The molecule has 0 spiro atoms. The van der Waals surface area contributed by atoms with Crippen LogP contribution in [0.15, 0.2) is 108 Å². The maximum Gasteiger partial charge on any atom is 0.339 e. The van der Waals surface area contributed by atoms with Gasteiger partial charge in [-0.05, 0) is 72.9 Å². The summed E-state index contributed by atoms with van der Waals surface area (Å²) in [5, 5.41) is 0. The lowest BCUT2D eigenvalue weighted by Gasteiger charge is -2.26. The van der Waals surface area contributed by atoms with E-state index in [0.717, 1.165) is 22.3 Å². The van der Waals surface area contributed by atoms with Crippen LogP contribution in [0.25, 0.3) is 11.1 Å². The first-order valence-electron chi connectivity index (χ1n) is 14.3. The lowest BCUT2D eigenvalue weighted by molar-refractivity contribution is -0.155. The maximum absolute atomic E-state index is 13.4. The number of fused-ring (bicyclic) bond motifs is 3. The van der Waals surface area contributed by atoms with Crippen LogP contribution in [0.3, 0.4) is 0 Å². The van der Waals surface area contributed by atoms with Crippen LogP contribution in [0.4, 0.5) is 0 Å². The van der Waals surface area contributed by atoms with Crippen LogP contribution in [0.2, 0.25) is 0 Å². The second-order valence-corrected chi connectivity index (χ2v) is 13.2. The number of nitrogens with two attached hydrogens (primary N) is 1. The molecule has 228 valence electrons. The summed E-state index contributed by atoms with van der Waals surface area (Å²) < 4.78 is 42.0. The zero-order valence-corrected chi connectivity index (χ0v) is 25.6. The zero-order chi connectivity index (χ0) is 31.5. The van der Waals surface area contributed by atoms with Gasteiger partial charge < -0.3 is 19.4 Å². The monoisotopic (exact) mass is 613 g/mol. The number of hydrogen-bond donors (Lipinski definition) is 1. The van der Waals surface area contributed by atoms with E-state index in [1.807, 2.05) is 36.4 Å². The molecule has 0 radical (unpaired) electrons. The van der Waals surface area contributed by atoms with Gasteiger partial charge in [0.05, 0.1) is 6.42 Å². The summed E-state index contributed by atoms with van der Waals surface area (Å²) in [5.41, 5.74) is 10.6. The summed E-state index contributed by atoms with van der Waals surface area (Å²) in [7, 11) is -4.05. The van der Waals surface area contributed by atoms with Gasteiger partial charge in [0, 0.05) is 11.8 Å². The fourth-order valence-electron chi connectivity index (χ4n) is 5.41. The van der Waals surface area contributed by atoms with Gasteiger partial charge in [-0.25, -0.2) is 0 Å². The van der Waals surface area contributed by atoms with Crippen molar-refractivity contribution >= 4 is 22.1 Å². The molecule has 44 heavy (non-hydrogen) atoms. The number of ether oxygens (including phenoxy) is 2. The number of rotatable bonds is 10. The summed E-state index contributed by atoms with van der Waals surface area (Å²) in [6.07, 6.45) is -0.189. The minimum absolute atomic E-state index is 0.0177. The first kappa shape index (κ1) is 31.0. The fraction of sp³-hybridized carbons (Fsp3) is 0.257. The van der Waals surface area contributed by atoms with Gasteiger partial charge in [0.2, 0.25) is 0 Å². The SMILES string of the molecule is CC(C)(C)OC(=O)CC(c1ccc(OS(=O)(=O)c2ccccc2)cc1)C(N)C(=O)OCC1c2ccccc2-c2ccccc21. The van der Waals surface area contributed by atoms with Gasteiger partial charge in [0.15, 0.2) is 0 Å². The molecule has 0 aromatic heterocycles. The summed E-state index contributed by atoms with van der Waals surface area (Å²) in [4.78, 5) is 26.3. The standard InChI is InChI=1S/C35H35NO7S/c1-35(2,3)42-32(37)21-30(23-17-19-24(20-18-23)43-44(39,40)25-11-5-4-6-12-25)33(36)34(38)41-22-31-28-15-9-7-13-26(28)27-14-8-10-16-29(27)31/h4-20,30-31,33H,21-22,36H2,1-3H3. The Morgan fingerprint density at radius 1 is 0.795 bits per heavy atom. The Morgan fingerprint density at radius 2 is 1.34 bits per heavy atom. The molecule has 1 aliphatic carbocycles. The average Bonchev–Trinajstić information content (AvgIpc) is 3.32. The number of hydrogen-bond acceptors (Lipinski definition) is 8. The first-order valence-corrected chi connectivity index (χ1v) is 15.8. The Hall–Kier alpha value is -4.47. The Morgan fingerprint density at radius 3 is 1.91 bits per heavy atom. The van der Waals surface area contributed by atoms with Crippen molar-refractivity contribution in [3.63, 3.8) is 0 Å². The molecule has 0 heterocycles. The molecule has 0 amide bonds. The van der Waals surface area contributed by atoms with Crippen molar-refractivity contribution in [2.24, 2.45) is 5.73 Å². The van der Waals surface area contributed by atoms with Gasteiger partial charge in [0.25, 0.3) is 0 Å². The number of carbonyl (C=O) groups excluding carboxylic acids is 2. The second-order valence-electron chi connectivity index (χ2n) is 11.7. The van der Waals surface area contributed by atoms with E-state index < -0.39 is 39.6 Å². The smallest absolute Gasteiger partial charge is 0.339 e. The van der Waals surface area contributed by atoms with Gasteiger partial charge >= 0.3 is 22.1 Å². The molecule has 0 bridgehead atoms. The van der Waals surface area contributed by atoms with Crippen LogP contribution in [-0.2, 0) is 29.2 Å². The molecule has 2 atom stereocenters. The number of esters is 2. The fourth-order valence-corrected chi connectivity index (χ4v) is 6.36. The first-order chi connectivity index (χ1) is 20.9. The van der Waals surface area contributed by atoms with Crippen molar-refractivity contribution < 1.29 is 31.7 Å². The van der Waals surface area contributed by atoms with Gasteiger partial charge in [-0.3, -0.25) is 9.59 Å². The molecule has 0 saturated carbocycles. The average molecular weight is 614 g/mol. The quantitative estimate of drug-likeness (QED) is 0.172. The normalized spacial score (nSPS) is 14.2.